The van der Waals surface area contributed by atoms with E-state index in [2.05, 4.69) is 117 Å². The molecule has 0 unspecified atom stereocenters. The van der Waals surface area contributed by atoms with Crippen molar-refractivity contribution in [2.24, 2.45) is 11.8 Å². The van der Waals surface area contributed by atoms with Crippen LogP contribution >= 0.6 is 0 Å². The molecule has 0 bridgehead atoms. The summed E-state index contributed by atoms with van der Waals surface area (Å²) in [6.45, 7) is 8.21. The van der Waals surface area contributed by atoms with E-state index in [9.17, 15) is 0 Å². The molecule has 0 spiro atoms. The Bertz CT molecular complexity index is 1110. The zero-order chi connectivity index (χ0) is 25.8. The molecule has 1 aliphatic heterocycles. The second-order valence-electron chi connectivity index (χ2n) is 11.3. The molecular weight excluding hydrogens is 521 g/mol. The van der Waals surface area contributed by atoms with Crippen molar-refractivity contribution >= 4 is 19.4 Å². The molecule has 3 nitrogen and oxygen atoms in total. The molecule has 5 rings (SSSR count). The average Bonchev–Trinajstić information content (AvgIpc) is 2.92. The number of rotatable bonds is 8. The minimum atomic E-state index is -0.0435. The van der Waals surface area contributed by atoms with Crippen LogP contribution in [0.1, 0.15) is 57.3 Å². The van der Waals surface area contributed by atoms with Gasteiger partial charge in [0.2, 0.25) is 0 Å². The first-order chi connectivity index (χ1) is 18.0. The monoisotopic (exact) mass is 563 g/mol. The SMILES string of the molecule is CO[C@H](c1ccccc1)[C@@H]([Se]c1ccccc1)[C@@H]1O[C@@H]2C[C@H](C)CC[C@H]2C(C)(C)N1Cc1ccccc1. The van der Waals surface area contributed by atoms with Crippen LogP contribution in [-0.4, -0.2) is 44.8 Å². The summed E-state index contributed by atoms with van der Waals surface area (Å²) in [5, 5.41) is 0. The Morgan fingerprint density at radius 3 is 2.19 bits per heavy atom. The van der Waals surface area contributed by atoms with Gasteiger partial charge in [0.1, 0.15) is 0 Å². The van der Waals surface area contributed by atoms with E-state index in [0.717, 1.165) is 13.0 Å². The molecule has 1 aliphatic carbocycles. The summed E-state index contributed by atoms with van der Waals surface area (Å²) in [7, 11) is 1.87. The van der Waals surface area contributed by atoms with E-state index < -0.39 is 0 Å². The van der Waals surface area contributed by atoms with Gasteiger partial charge in [-0.15, -0.1) is 0 Å². The predicted molar refractivity (Wildman–Crippen MR) is 153 cm³/mol. The molecule has 2 fully saturated rings. The molecule has 0 N–H and O–H groups in total. The van der Waals surface area contributed by atoms with Crippen LogP contribution in [0.3, 0.4) is 0 Å². The Morgan fingerprint density at radius 2 is 1.54 bits per heavy atom. The van der Waals surface area contributed by atoms with Crippen LogP contribution in [0.4, 0.5) is 0 Å². The second-order valence-corrected chi connectivity index (χ2v) is 13.9. The van der Waals surface area contributed by atoms with E-state index in [-0.39, 0.29) is 43.7 Å². The van der Waals surface area contributed by atoms with Crippen LogP contribution in [0.25, 0.3) is 0 Å². The fraction of sp³-hybridized carbons (Fsp3) is 0.455. The fourth-order valence-electron chi connectivity index (χ4n) is 6.44. The Kier molecular flexibility index (Phi) is 8.53. The molecule has 0 aromatic heterocycles. The van der Waals surface area contributed by atoms with Gasteiger partial charge in [0.05, 0.1) is 0 Å². The van der Waals surface area contributed by atoms with E-state index >= 15 is 0 Å². The molecule has 0 radical (unpaired) electrons. The number of hydrogen-bond acceptors (Lipinski definition) is 3. The van der Waals surface area contributed by atoms with Crippen molar-refractivity contribution in [3.05, 3.63) is 102 Å². The molecule has 37 heavy (non-hydrogen) atoms. The Balaban J connectivity index is 1.59. The molecule has 1 saturated heterocycles. The van der Waals surface area contributed by atoms with Crippen molar-refractivity contribution in [3.63, 3.8) is 0 Å². The summed E-state index contributed by atoms with van der Waals surface area (Å²) in [4.78, 5) is 2.88. The van der Waals surface area contributed by atoms with Crippen LogP contribution in [-0.2, 0) is 16.0 Å². The number of nitrogens with zero attached hydrogens (tertiary/aromatic N) is 1. The Hall–Kier alpha value is -1.94. The molecule has 196 valence electrons. The Labute approximate surface area is 229 Å². The number of methoxy groups -OCH3 is 1. The van der Waals surface area contributed by atoms with Crippen LogP contribution in [0.2, 0.25) is 4.82 Å². The first-order valence-electron chi connectivity index (χ1n) is 13.7. The molecule has 1 heterocycles. The molecule has 3 aromatic rings. The maximum atomic E-state index is 7.28. The first kappa shape index (κ1) is 26.7. The summed E-state index contributed by atoms with van der Waals surface area (Å²) in [6.07, 6.45) is 3.89. The summed E-state index contributed by atoms with van der Waals surface area (Å²) in [5.41, 5.74) is 2.59. The normalized spacial score (nSPS) is 27.2. The quantitative estimate of drug-likeness (QED) is 0.288. The summed E-state index contributed by atoms with van der Waals surface area (Å²) >= 11 is 0.153. The molecule has 2 aliphatic rings. The summed E-state index contributed by atoms with van der Waals surface area (Å²) in [5.74, 6) is 1.25. The van der Waals surface area contributed by atoms with Crippen molar-refractivity contribution in [3.8, 4) is 0 Å². The van der Waals surface area contributed by atoms with E-state index in [0.29, 0.717) is 11.8 Å². The van der Waals surface area contributed by atoms with Crippen LogP contribution < -0.4 is 4.46 Å². The average molecular weight is 563 g/mol. The van der Waals surface area contributed by atoms with Gasteiger partial charge in [0.15, 0.2) is 0 Å². The van der Waals surface area contributed by atoms with Gasteiger partial charge in [-0.05, 0) is 0 Å². The number of benzene rings is 3. The van der Waals surface area contributed by atoms with Crippen molar-refractivity contribution in [1.29, 1.82) is 0 Å². The van der Waals surface area contributed by atoms with Gasteiger partial charge < -0.3 is 0 Å². The summed E-state index contributed by atoms with van der Waals surface area (Å²) in [6, 6.07) is 32.6. The third kappa shape index (κ3) is 5.90. The van der Waals surface area contributed by atoms with Crippen LogP contribution in [0, 0.1) is 11.8 Å². The maximum absolute atomic E-state index is 7.28. The zero-order valence-electron chi connectivity index (χ0n) is 22.6. The van der Waals surface area contributed by atoms with Gasteiger partial charge in [0, 0.05) is 0 Å². The zero-order valence-corrected chi connectivity index (χ0v) is 24.3. The standard InChI is InChI=1S/C33H41NO2Se/c1-24-20-21-28-29(22-24)36-32(34(33(28,2)3)23-25-14-8-5-9-15-25)31(37-27-18-12-7-13-19-27)30(35-4)26-16-10-6-11-17-26/h5-19,24,28-32H,20-23H2,1-4H3/t24-,28-,29-,30-,31-,32+/m1/s1. The predicted octanol–water partition coefficient (Wildman–Crippen LogP) is 6.63. The van der Waals surface area contributed by atoms with Gasteiger partial charge in [-0.2, -0.15) is 0 Å². The summed E-state index contributed by atoms with van der Waals surface area (Å²) < 4.78 is 15.0. The number of ether oxygens (including phenoxy) is 2. The molecule has 4 heteroatoms. The van der Waals surface area contributed by atoms with Gasteiger partial charge in [-0.1, -0.05) is 0 Å². The minimum absolute atomic E-state index is 0.0174. The molecule has 0 amide bonds. The van der Waals surface area contributed by atoms with Gasteiger partial charge in [-0.3, -0.25) is 0 Å². The second kappa shape index (κ2) is 11.8. The van der Waals surface area contributed by atoms with Gasteiger partial charge >= 0.3 is 230 Å². The fourth-order valence-corrected chi connectivity index (χ4v) is 9.27. The van der Waals surface area contributed by atoms with Crippen LogP contribution in [0.5, 0.6) is 0 Å². The van der Waals surface area contributed by atoms with Crippen molar-refractivity contribution in [1.82, 2.24) is 4.90 Å². The van der Waals surface area contributed by atoms with Crippen molar-refractivity contribution in [2.45, 2.75) is 75.4 Å². The molecular formula is C33H41NO2Se. The van der Waals surface area contributed by atoms with Crippen molar-refractivity contribution < 1.29 is 9.47 Å². The van der Waals surface area contributed by atoms with Gasteiger partial charge in [0.25, 0.3) is 0 Å². The van der Waals surface area contributed by atoms with E-state index in [4.69, 9.17) is 9.47 Å². The molecule has 1 saturated carbocycles. The molecule has 6 atom stereocenters. The third-order valence-electron chi connectivity index (χ3n) is 8.50. The third-order valence-corrected chi connectivity index (χ3v) is 11.2. The van der Waals surface area contributed by atoms with Crippen molar-refractivity contribution in [2.75, 3.05) is 7.11 Å². The first-order valence-corrected chi connectivity index (χ1v) is 15.6. The van der Waals surface area contributed by atoms with E-state index in [1.54, 1.807) is 0 Å². The van der Waals surface area contributed by atoms with Crippen LogP contribution in [0.15, 0.2) is 91.0 Å². The molecule has 3 aromatic carbocycles. The topological polar surface area (TPSA) is 21.7 Å². The van der Waals surface area contributed by atoms with E-state index in [1.807, 2.05) is 7.11 Å². The van der Waals surface area contributed by atoms with E-state index in [1.165, 1.54) is 28.4 Å². The van der Waals surface area contributed by atoms with Gasteiger partial charge in [-0.25, -0.2) is 0 Å². The number of fused-ring (bicyclic) bond motifs is 1. The Morgan fingerprint density at radius 1 is 0.919 bits per heavy atom. The number of hydrogen-bond donors (Lipinski definition) is 0.